The summed E-state index contributed by atoms with van der Waals surface area (Å²) < 4.78 is 0. The quantitative estimate of drug-likeness (QED) is 0.793. The molecule has 0 saturated heterocycles. The third-order valence-corrected chi connectivity index (χ3v) is 3.41. The van der Waals surface area contributed by atoms with Gasteiger partial charge in [0.15, 0.2) is 0 Å². The van der Waals surface area contributed by atoms with Crippen LogP contribution in [0, 0.1) is 5.92 Å². The molecule has 1 aromatic carbocycles. The van der Waals surface area contributed by atoms with Crippen LogP contribution in [0.4, 0.5) is 0 Å². The lowest BCUT2D eigenvalue weighted by molar-refractivity contribution is 0.419. The molecule has 0 aromatic heterocycles. The van der Waals surface area contributed by atoms with Crippen molar-refractivity contribution in [2.45, 2.75) is 45.6 Å². The molecule has 1 fully saturated rings. The van der Waals surface area contributed by atoms with Crippen LogP contribution in [0.15, 0.2) is 24.3 Å². The Morgan fingerprint density at radius 3 is 2.75 bits per heavy atom. The Morgan fingerprint density at radius 1 is 1.31 bits per heavy atom. The average molecular weight is 217 g/mol. The molecule has 1 aliphatic carbocycles. The van der Waals surface area contributed by atoms with Crippen LogP contribution in [0.5, 0.6) is 0 Å². The summed E-state index contributed by atoms with van der Waals surface area (Å²) in [7, 11) is 0. The third kappa shape index (κ3) is 3.08. The van der Waals surface area contributed by atoms with Crippen LogP contribution in [0.1, 0.15) is 50.2 Å². The van der Waals surface area contributed by atoms with Crippen LogP contribution in [0.25, 0.3) is 0 Å². The highest BCUT2D eigenvalue weighted by molar-refractivity contribution is 5.27. The molecule has 1 heteroatoms. The van der Waals surface area contributed by atoms with Crippen molar-refractivity contribution in [2.24, 2.45) is 5.92 Å². The van der Waals surface area contributed by atoms with Crippen LogP contribution in [0.3, 0.4) is 0 Å². The molecule has 0 unspecified atom stereocenters. The predicted octanol–water partition coefficient (Wildman–Crippen LogP) is 3.70. The fourth-order valence-electron chi connectivity index (χ4n) is 2.20. The minimum absolute atomic E-state index is 0.731. The molecule has 0 heterocycles. The summed E-state index contributed by atoms with van der Waals surface area (Å²) in [5.41, 5.74) is 2.99. The van der Waals surface area contributed by atoms with Crippen LogP contribution in [-0.4, -0.2) is 6.54 Å². The molecule has 16 heavy (non-hydrogen) atoms. The van der Waals surface area contributed by atoms with Gasteiger partial charge in [0.25, 0.3) is 0 Å². The van der Waals surface area contributed by atoms with E-state index in [1.54, 1.807) is 5.56 Å². The van der Waals surface area contributed by atoms with Gasteiger partial charge in [-0.2, -0.15) is 0 Å². The molecule has 0 amide bonds. The molecule has 1 saturated carbocycles. The maximum Gasteiger partial charge on any atom is 0.0205 e. The largest absolute Gasteiger partial charge is 0.312 e. The Morgan fingerprint density at radius 2 is 2.12 bits per heavy atom. The van der Waals surface area contributed by atoms with Gasteiger partial charge in [-0.1, -0.05) is 44.5 Å². The lowest BCUT2D eigenvalue weighted by Gasteiger charge is -2.26. The fraction of sp³-hybridized carbons (Fsp3) is 0.600. The summed E-state index contributed by atoms with van der Waals surface area (Å²) in [6, 6.07) is 9.11. The van der Waals surface area contributed by atoms with Crippen molar-refractivity contribution in [3.63, 3.8) is 0 Å². The summed E-state index contributed by atoms with van der Waals surface area (Å²) in [4.78, 5) is 0. The number of rotatable bonds is 5. The van der Waals surface area contributed by atoms with E-state index in [1.807, 2.05) is 0 Å². The molecule has 0 radical (unpaired) electrons. The van der Waals surface area contributed by atoms with Crippen LogP contribution < -0.4 is 5.32 Å². The maximum absolute atomic E-state index is 3.50. The van der Waals surface area contributed by atoms with Gasteiger partial charge in [-0.05, 0) is 42.3 Å². The highest BCUT2D eigenvalue weighted by Gasteiger charge is 2.19. The van der Waals surface area contributed by atoms with Crippen molar-refractivity contribution in [1.29, 1.82) is 0 Å². The number of nitrogens with one attached hydrogen (secondary N) is 1. The van der Waals surface area contributed by atoms with Crippen LogP contribution in [0.2, 0.25) is 0 Å². The molecule has 2 rings (SSSR count). The molecule has 1 aliphatic rings. The molecular formula is C15H23N. The molecule has 1 nitrogen and oxygen atoms in total. The Labute approximate surface area is 99.3 Å². The zero-order chi connectivity index (χ0) is 11.4. The zero-order valence-electron chi connectivity index (χ0n) is 10.5. The van der Waals surface area contributed by atoms with Gasteiger partial charge < -0.3 is 5.32 Å². The Hall–Kier alpha value is -0.820. The molecule has 88 valence electrons. The number of hydrogen-bond donors (Lipinski definition) is 1. The van der Waals surface area contributed by atoms with Gasteiger partial charge in [0.05, 0.1) is 0 Å². The second kappa shape index (κ2) is 5.49. The second-order valence-corrected chi connectivity index (χ2v) is 5.40. The number of benzene rings is 1. The SMILES string of the molecule is CC(C)CNCc1cccc(C2CCC2)c1. The van der Waals surface area contributed by atoms with Crippen molar-refractivity contribution in [3.8, 4) is 0 Å². The standard InChI is InChI=1S/C15H23N/c1-12(2)10-16-11-13-5-3-8-15(9-13)14-6-4-7-14/h3,5,8-9,12,14,16H,4,6-7,10-11H2,1-2H3. The van der Waals surface area contributed by atoms with Crippen molar-refractivity contribution in [3.05, 3.63) is 35.4 Å². The van der Waals surface area contributed by atoms with E-state index in [1.165, 1.54) is 24.8 Å². The summed E-state index contributed by atoms with van der Waals surface area (Å²) in [5, 5.41) is 3.50. The van der Waals surface area contributed by atoms with Crippen molar-refractivity contribution < 1.29 is 0 Å². The highest BCUT2D eigenvalue weighted by Crippen LogP contribution is 2.36. The summed E-state index contributed by atoms with van der Waals surface area (Å²) in [5.74, 6) is 1.58. The molecule has 1 N–H and O–H groups in total. The Kier molecular flexibility index (Phi) is 4.00. The molecule has 0 spiro atoms. The zero-order valence-corrected chi connectivity index (χ0v) is 10.5. The van der Waals surface area contributed by atoms with E-state index >= 15 is 0 Å². The monoisotopic (exact) mass is 217 g/mol. The van der Waals surface area contributed by atoms with E-state index in [0.717, 1.165) is 24.9 Å². The van der Waals surface area contributed by atoms with Crippen molar-refractivity contribution in [1.82, 2.24) is 5.32 Å². The summed E-state index contributed by atoms with van der Waals surface area (Å²) in [6.07, 6.45) is 4.20. The Bertz CT molecular complexity index is 326. The third-order valence-electron chi connectivity index (χ3n) is 3.41. The molecule has 1 aromatic rings. The van der Waals surface area contributed by atoms with Crippen LogP contribution in [-0.2, 0) is 6.54 Å². The van der Waals surface area contributed by atoms with Gasteiger partial charge >= 0.3 is 0 Å². The van der Waals surface area contributed by atoms with Crippen LogP contribution >= 0.6 is 0 Å². The predicted molar refractivity (Wildman–Crippen MR) is 69.6 cm³/mol. The van der Waals surface area contributed by atoms with E-state index in [0.29, 0.717) is 0 Å². The van der Waals surface area contributed by atoms with Crippen molar-refractivity contribution in [2.75, 3.05) is 6.54 Å². The fourth-order valence-corrected chi connectivity index (χ4v) is 2.20. The lowest BCUT2D eigenvalue weighted by Crippen LogP contribution is -2.19. The van der Waals surface area contributed by atoms with E-state index in [-0.39, 0.29) is 0 Å². The first-order valence-electron chi connectivity index (χ1n) is 6.55. The van der Waals surface area contributed by atoms with E-state index in [2.05, 4.69) is 43.4 Å². The maximum atomic E-state index is 3.50. The minimum atomic E-state index is 0.731. The van der Waals surface area contributed by atoms with Gasteiger partial charge in [0.2, 0.25) is 0 Å². The highest BCUT2D eigenvalue weighted by atomic mass is 14.8. The first-order valence-corrected chi connectivity index (χ1v) is 6.55. The van der Waals surface area contributed by atoms with Gasteiger partial charge in [0.1, 0.15) is 0 Å². The lowest BCUT2D eigenvalue weighted by atomic mass is 9.80. The van der Waals surface area contributed by atoms with Gasteiger partial charge in [-0.3, -0.25) is 0 Å². The molecule has 0 aliphatic heterocycles. The minimum Gasteiger partial charge on any atom is -0.312 e. The smallest absolute Gasteiger partial charge is 0.0205 e. The number of hydrogen-bond acceptors (Lipinski definition) is 1. The second-order valence-electron chi connectivity index (χ2n) is 5.40. The van der Waals surface area contributed by atoms with E-state index in [9.17, 15) is 0 Å². The molecular weight excluding hydrogens is 194 g/mol. The first kappa shape index (κ1) is 11.7. The van der Waals surface area contributed by atoms with Gasteiger partial charge in [0, 0.05) is 6.54 Å². The topological polar surface area (TPSA) is 12.0 Å². The summed E-state index contributed by atoms with van der Waals surface area (Å²) in [6.45, 7) is 6.61. The summed E-state index contributed by atoms with van der Waals surface area (Å²) >= 11 is 0. The average Bonchev–Trinajstić information content (AvgIpc) is 2.15. The van der Waals surface area contributed by atoms with Gasteiger partial charge in [-0.15, -0.1) is 0 Å². The molecule has 0 atom stereocenters. The van der Waals surface area contributed by atoms with E-state index in [4.69, 9.17) is 0 Å². The van der Waals surface area contributed by atoms with Crippen molar-refractivity contribution >= 4 is 0 Å². The Balaban J connectivity index is 1.88. The first-order chi connectivity index (χ1) is 7.75. The molecule has 0 bridgehead atoms. The van der Waals surface area contributed by atoms with E-state index < -0.39 is 0 Å². The normalized spacial score (nSPS) is 16.4. The van der Waals surface area contributed by atoms with Gasteiger partial charge in [-0.25, -0.2) is 0 Å².